The third kappa shape index (κ3) is 3.00. The van der Waals surface area contributed by atoms with Gasteiger partial charge in [-0.25, -0.2) is 14.2 Å². The maximum absolute atomic E-state index is 13.9. The van der Waals surface area contributed by atoms with Gasteiger partial charge in [0.05, 0.1) is 5.69 Å². The molecule has 0 fully saturated rings. The minimum Gasteiger partial charge on any atom is -0.478 e. The van der Waals surface area contributed by atoms with Crippen LogP contribution in [0, 0.1) is 5.82 Å². The monoisotopic (exact) mass is 314 g/mol. The Morgan fingerprint density at radius 2 is 1.90 bits per heavy atom. The molecule has 1 aromatic heterocycles. The van der Waals surface area contributed by atoms with E-state index >= 15 is 0 Å². The van der Waals surface area contributed by atoms with Crippen LogP contribution in [0.4, 0.5) is 10.1 Å². The van der Waals surface area contributed by atoms with Crippen LogP contribution < -0.4 is 5.32 Å². The molecule has 0 spiro atoms. The molecule has 104 valence electrons. The van der Waals surface area contributed by atoms with E-state index in [1.54, 1.807) is 0 Å². The van der Waals surface area contributed by atoms with Crippen LogP contribution in [0.15, 0.2) is 30.3 Å². The highest BCUT2D eigenvalue weighted by atomic mass is 35.5. The van der Waals surface area contributed by atoms with Crippen LogP contribution >= 0.6 is 23.2 Å². The summed E-state index contributed by atoms with van der Waals surface area (Å²) in [6.45, 7) is 0.231. The molecule has 1 heterocycles. The molecule has 0 aliphatic rings. The van der Waals surface area contributed by atoms with Crippen molar-refractivity contribution in [1.82, 2.24) is 4.98 Å². The second-order valence-electron chi connectivity index (χ2n) is 3.90. The van der Waals surface area contributed by atoms with Crippen LogP contribution in [-0.2, 0) is 6.54 Å². The third-order valence-corrected chi connectivity index (χ3v) is 3.10. The molecule has 0 saturated carbocycles. The zero-order valence-corrected chi connectivity index (χ0v) is 11.5. The first-order chi connectivity index (χ1) is 9.50. The number of anilines is 1. The van der Waals surface area contributed by atoms with Crippen molar-refractivity contribution in [3.8, 4) is 0 Å². The van der Waals surface area contributed by atoms with Crippen LogP contribution in [0.2, 0.25) is 10.3 Å². The first kappa shape index (κ1) is 14.6. The van der Waals surface area contributed by atoms with Gasteiger partial charge < -0.3 is 10.4 Å². The lowest BCUT2D eigenvalue weighted by molar-refractivity contribution is 0.0697. The summed E-state index contributed by atoms with van der Waals surface area (Å²) in [5.74, 6) is -2.32. The highest BCUT2D eigenvalue weighted by Crippen LogP contribution is 2.30. The molecule has 2 aromatic rings. The summed E-state index contributed by atoms with van der Waals surface area (Å²) < 4.78 is 13.9. The van der Waals surface area contributed by atoms with Crippen molar-refractivity contribution in [3.05, 3.63) is 57.6 Å². The Bertz CT molecular complexity index is 651. The lowest BCUT2D eigenvalue weighted by Gasteiger charge is -2.12. The van der Waals surface area contributed by atoms with E-state index in [2.05, 4.69) is 10.3 Å². The molecule has 0 aliphatic carbocycles. The topological polar surface area (TPSA) is 62.2 Å². The molecule has 0 atom stereocenters. The van der Waals surface area contributed by atoms with Crippen molar-refractivity contribution >= 4 is 34.9 Å². The fourth-order valence-electron chi connectivity index (χ4n) is 1.65. The smallest absolute Gasteiger partial charge is 0.341 e. The number of nitrogens with one attached hydrogen (secondary N) is 1. The first-order valence-corrected chi connectivity index (χ1v) is 6.32. The minimum absolute atomic E-state index is 0.231. The zero-order chi connectivity index (χ0) is 14.7. The number of hydrogen-bond acceptors (Lipinski definition) is 3. The molecule has 2 rings (SSSR count). The van der Waals surface area contributed by atoms with E-state index in [-0.39, 0.29) is 17.4 Å². The molecular formula is C13H9Cl2FN2O2. The van der Waals surface area contributed by atoms with E-state index < -0.39 is 22.5 Å². The Labute approximate surface area is 124 Å². The Morgan fingerprint density at radius 3 is 2.50 bits per heavy atom. The fraction of sp³-hybridized carbons (Fsp3) is 0.0769. The van der Waals surface area contributed by atoms with Crippen LogP contribution in [0.5, 0.6) is 0 Å². The van der Waals surface area contributed by atoms with Crippen LogP contribution in [0.25, 0.3) is 0 Å². The summed E-state index contributed by atoms with van der Waals surface area (Å²) in [6, 6.07) is 9.11. The maximum Gasteiger partial charge on any atom is 0.341 e. The average molecular weight is 315 g/mol. The number of aromatic nitrogens is 1. The minimum atomic E-state index is -1.38. The molecular weight excluding hydrogens is 306 g/mol. The largest absolute Gasteiger partial charge is 0.478 e. The summed E-state index contributed by atoms with van der Waals surface area (Å²) in [4.78, 5) is 14.6. The van der Waals surface area contributed by atoms with E-state index in [0.29, 0.717) is 0 Å². The summed E-state index contributed by atoms with van der Waals surface area (Å²) in [6.07, 6.45) is 0. The van der Waals surface area contributed by atoms with Crippen molar-refractivity contribution in [2.45, 2.75) is 6.54 Å². The summed E-state index contributed by atoms with van der Waals surface area (Å²) in [5.41, 5.74) is 0.142. The van der Waals surface area contributed by atoms with Gasteiger partial charge in [-0.3, -0.25) is 0 Å². The van der Waals surface area contributed by atoms with Crippen LogP contribution in [0.1, 0.15) is 15.9 Å². The lowest BCUT2D eigenvalue weighted by Crippen LogP contribution is -2.11. The standard InChI is InChI=1S/C13H9Cl2FN2O2/c14-11-8(13(19)20)10(9(16)12(15)18-11)17-6-7-4-2-1-3-5-7/h1-5H,6H2,(H,17,18)(H,19,20). The van der Waals surface area contributed by atoms with Crippen molar-refractivity contribution in [3.63, 3.8) is 0 Å². The van der Waals surface area contributed by atoms with Crippen molar-refractivity contribution in [1.29, 1.82) is 0 Å². The van der Waals surface area contributed by atoms with Gasteiger partial charge in [-0.1, -0.05) is 53.5 Å². The molecule has 1 aromatic carbocycles. The Kier molecular flexibility index (Phi) is 4.42. The van der Waals surface area contributed by atoms with Gasteiger partial charge in [-0.05, 0) is 5.56 Å². The molecule has 2 N–H and O–H groups in total. The van der Waals surface area contributed by atoms with Gasteiger partial charge in [0.1, 0.15) is 10.7 Å². The van der Waals surface area contributed by atoms with Crippen molar-refractivity contribution in [2.75, 3.05) is 5.32 Å². The van der Waals surface area contributed by atoms with Gasteiger partial charge in [0, 0.05) is 6.54 Å². The predicted octanol–water partition coefficient (Wildman–Crippen LogP) is 3.84. The quantitative estimate of drug-likeness (QED) is 0.842. The van der Waals surface area contributed by atoms with Gasteiger partial charge in [0.15, 0.2) is 11.0 Å². The SMILES string of the molecule is O=C(O)c1c(Cl)nc(Cl)c(F)c1NCc1ccccc1. The summed E-state index contributed by atoms with van der Waals surface area (Å²) in [5, 5.41) is 10.9. The highest BCUT2D eigenvalue weighted by molar-refractivity contribution is 6.35. The molecule has 0 aliphatic heterocycles. The second-order valence-corrected chi connectivity index (χ2v) is 4.62. The summed E-state index contributed by atoms with van der Waals surface area (Å²) >= 11 is 11.3. The van der Waals surface area contributed by atoms with Crippen LogP contribution in [-0.4, -0.2) is 16.1 Å². The first-order valence-electron chi connectivity index (χ1n) is 5.56. The number of benzene rings is 1. The van der Waals surface area contributed by atoms with Crippen molar-refractivity contribution < 1.29 is 14.3 Å². The van der Waals surface area contributed by atoms with Crippen LogP contribution in [0.3, 0.4) is 0 Å². The number of halogens is 3. The molecule has 4 nitrogen and oxygen atoms in total. The van der Waals surface area contributed by atoms with E-state index in [0.717, 1.165) is 5.56 Å². The van der Waals surface area contributed by atoms with E-state index in [1.165, 1.54) is 0 Å². The van der Waals surface area contributed by atoms with E-state index in [4.69, 9.17) is 28.3 Å². The van der Waals surface area contributed by atoms with Gasteiger partial charge >= 0.3 is 5.97 Å². The van der Waals surface area contributed by atoms with Gasteiger partial charge in [0.25, 0.3) is 0 Å². The maximum atomic E-state index is 13.9. The molecule has 0 bridgehead atoms. The molecule has 0 saturated heterocycles. The Hall–Kier alpha value is -1.85. The molecule has 20 heavy (non-hydrogen) atoms. The molecule has 0 radical (unpaired) electrons. The van der Waals surface area contributed by atoms with Crippen molar-refractivity contribution in [2.24, 2.45) is 0 Å². The predicted molar refractivity (Wildman–Crippen MR) is 74.9 cm³/mol. The number of rotatable bonds is 4. The Morgan fingerprint density at radius 1 is 1.25 bits per heavy atom. The molecule has 7 heteroatoms. The summed E-state index contributed by atoms with van der Waals surface area (Å²) in [7, 11) is 0. The van der Waals surface area contributed by atoms with Gasteiger partial charge in [0.2, 0.25) is 0 Å². The highest BCUT2D eigenvalue weighted by Gasteiger charge is 2.23. The normalized spacial score (nSPS) is 10.3. The van der Waals surface area contributed by atoms with E-state index in [9.17, 15) is 9.18 Å². The molecule has 0 unspecified atom stereocenters. The lowest BCUT2D eigenvalue weighted by atomic mass is 10.2. The zero-order valence-electron chi connectivity index (χ0n) is 10.0. The average Bonchev–Trinajstić information content (AvgIpc) is 2.41. The fourth-order valence-corrected chi connectivity index (χ4v) is 2.14. The number of nitrogens with zero attached hydrogens (tertiary/aromatic N) is 1. The van der Waals surface area contributed by atoms with Gasteiger partial charge in [-0.15, -0.1) is 0 Å². The second kappa shape index (κ2) is 6.07. The number of carboxylic acid groups (broad SMARTS) is 1. The van der Waals surface area contributed by atoms with E-state index in [1.807, 2.05) is 30.3 Å². The number of hydrogen-bond donors (Lipinski definition) is 2. The van der Waals surface area contributed by atoms with Gasteiger partial charge in [-0.2, -0.15) is 0 Å². The Balaban J connectivity index is 2.37. The third-order valence-electron chi connectivity index (χ3n) is 2.58. The number of carbonyl (C=O) groups is 1. The number of aromatic carboxylic acids is 1. The number of carboxylic acids is 1. The number of pyridine rings is 1. The molecule has 0 amide bonds.